The maximum Gasteiger partial charge on any atom is 0.0845 e. The third kappa shape index (κ3) is 2.86. The topological polar surface area (TPSA) is 12.5 Å². The van der Waals surface area contributed by atoms with Crippen molar-refractivity contribution in [2.75, 3.05) is 0 Å². The highest BCUT2D eigenvalue weighted by atomic mass is 79.9. The van der Waals surface area contributed by atoms with Crippen molar-refractivity contribution in [3.63, 3.8) is 0 Å². The number of benzene rings is 1. The van der Waals surface area contributed by atoms with Crippen LogP contribution < -0.4 is 0 Å². The Bertz CT molecular complexity index is 362. The average molecular weight is 283 g/mol. The molecule has 0 aliphatic carbocycles. The van der Waals surface area contributed by atoms with Gasteiger partial charge < -0.3 is 4.74 Å². The van der Waals surface area contributed by atoms with E-state index in [1.165, 1.54) is 15.6 Å². The smallest absolute Gasteiger partial charge is 0.0845 e. The molecule has 16 heavy (non-hydrogen) atoms. The maximum atomic E-state index is 5.55. The molecule has 1 aromatic carbocycles. The molecule has 0 amide bonds. The quantitative estimate of drug-likeness (QED) is 0.740. The summed E-state index contributed by atoms with van der Waals surface area (Å²) in [6.07, 6.45) is 5.60. The second-order valence-corrected chi connectivity index (χ2v) is 5.29. The summed E-state index contributed by atoms with van der Waals surface area (Å²) in [5.41, 5.74) is 2.80. The minimum atomic E-state index is 0.523. The fourth-order valence-electron chi connectivity index (χ4n) is 2.13. The summed E-state index contributed by atoms with van der Waals surface area (Å²) < 4.78 is 6.80. The molecule has 1 aliphatic heterocycles. The first kappa shape index (κ1) is 12.1. The Morgan fingerprint density at radius 1 is 1.25 bits per heavy atom. The Morgan fingerprint density at radius 3 is 2.62 bits per heavy atom. The number of ether oxygens (including phenoxy) is 1. The normalized spacial score (nSPS) is 23.4. The predicted molar refractivity (Wildman–Crippen MR) is 70.8 cm³/mol. The van der Waals surface area contributed by atoms with Gasteiger partial charge in [-0.2, -0.15) is 0 Å². The van der Waals surface area contributed by atoms with Gasteiger partial charge >= 0.3 is 0 Å². The van der Waals surface area contributed by atoms with E-state index in [0.29, 0.717) is 12.2 Å². The van der Waals surface area contributed by atoms with Crippen LogP contribution in [0.1, 0.15) is 37.8 Å². The lowest BCUT2D eigenvalue weighted by atomic mass is 10.0. The van der Waals surface area contributed by atoms with E-state index in [9.17, 15) is 0 Å². The lowest BCUT2D eigenvalue weighted by Gasteiger charge is -2.04. The van der Waals surface area contributed by atoms with Gasteiger partial charge in [-0.1, -0.05) is 41.9 Å². The van der Waals surface area contributed by atoms with E-state index in [1.807, 2.05) is 0 Å². The molecular weight excluding hydrogens is 264 g/mol. The van der Waals surface area contributed by atoms with Crippen LogP contribution in [0.2, 0.25) is 0 Å². The standard InChI is InChI=1S/C14H19BrO/c1-3-11-7-5-10(9-12(11)15)6-8-14-13(4-2)16-14/h5,7,9,13-14H,3-4,6,8H2,1-2H3. The molecule has 0 aromatic heterocycles. The number of aryl methyl sites for hydroxylation is 2. The van der Waals surface area contributed by atoms with Gasteiger partial charge in [0.2, 0.25) is 0 Å². The van der Waals surface area contributed by atoms with E-state index in [1.54, 1.807) is 0 Å². The molecule has 88 valence electrons. The van der Waals surface area contributed by atoms with Crippen molar-refractivity contribution in [3.05, 3.63) is 33.8 Å². The molecular formula is C14H19BrO. The first-order valence-corrected chi connectivity index (χ1v) is 6.96. The van der Waals surface area contributed by atoms with Gasteiger partial charge in [0.25, 0.3) is 0 Å². The Hall–Kier alpha value is -0.340. The molecule has 0 N–H and O–H groups in total. The van der Waals surface area contributed by atoms with Crippen LogP contribution in [-0.4, -0.2) is 12.2 Å². The highest BCUT2D eigenvalue weighted by molar-refractivity contribution is 9.10. The van der Waals surface area contributed by atoms with Gasteiger partial charge in [-0.3, -0.25) is 0 Å². The summed E-state index contributed by atoms with van der Waals surface area (Å²) in [5.74, 6) is 0. The largest absolute Gasteiger partial charge is 0.370 e. The number of hydrogen-bond donors (Lipinski definition) is 0. The molecule has 1 nitrogen and oxygen atoms in total. The highest BCUT2D eigenvalue weighted by Gasteiger charge is 2.35. The minimum absolute atomic E-state index is 0.523. The van der Waals surface area contributed by atoms with E-state index in [4.69, 9.17) is 4.74 Å². The van der Waals surface area contributed by atoms with Crippen molar-refractivity contribution < 1.29 is 4.74 Å². The van der Waals surface area contributed by atoms with E-state index >= 15 is 0 Å². The number of rotatable bonds is 5. The molecule has 2 atom stereocenters. The summed E-state index contributed by atoms with van der Waals surface area (Å²) in [6.45, 7) is 4.38. The van der Waals surface area contributed by atoms with Gasteiger partial charge in [-0.05, 0) is 42.9 Å². The fraction of sp³-hybridized carbons (Fsp3) is 0.571. The summed E-state index contributed by atoms with van der Waals surface area (Å²) in [6, 6.07) is 6.72. The van der Waals surface area contributed by atoms with E-state index in [0.717, 1.165) is 25.7 Å². The number of hydrogen-bond acceptors (Lipinski definition) is 1. The van der Waals surface area contributed by atoms with Gasteiger partial charge in [-0.15, -0.1) is 0 Å². The van der Waals surface area contributed by atoms with Crippen molar-refractivity contribution in [2.45, 2.75) is 51.7 Å². The molecule has 0 saturated carbocycles. The molecule has 1 aromatic rings. The summed E-state index contributed by atoms with van der Waals surface area (Å²) in [4.78, 5) is 0. The van der Waals surface area contributed by atoms with Crippen molar-refractivity contribution in [3.8, 4) is 0 Å². The first-order chi connectivity index (χ1) is 7.74. The molecule has 2 heteroatoms. The summed E-state index contributed by atoms with van der Waals surface area (Å²) in [7, 11) is 0. The van der Waals surface area contributed by atoms with Crippen LogP contribution >= 0.6 is 15.9 Å². The van der Waals surface area contributed by atoms with Crippen molar-refractivity contribution in [2.24, 2.45) is 0 Å². The van der Waals surface area contributed by atoms with Crippen LogP contribution in [0.4, 0.5) is 0 Å². The molecule has 1 aliphatic rings. The average Bonchev–Trinajstić information content (AvgIpc) is 3.05. The highest BCUT2D eigenvalue weighted by Crippen LogP contribution is 2.29. The molecule has 2 rings (SSSR count). The van der Waals surface area contributed by atoms with Crippen LogP contribution in [0.25, 0.3) is 0 Å². The second kappa shape index (κ2) is 5.33. The van der Waals surface area contributed by atoms with E-state index < -0.39 is 0 Å². The summed E-state index contributed by atoms with van der Waals surface area (Å²) >= 11 is 3.62. The number of halogens is 1. The zero-order valence-corrected chi connectivity index (χ0v) is 11.6. The Morgan fingerprint density at radius 2 is 2.06 bits per heavy atom. The van der Waals surface area contributed by atoms with Crippen LogP contribution in [0.15, 0.2) is 22.7 Å². The first-order valence-electron chi connectivity index (χ1n) is 6.17. The SMILES string of the molecule is CCc1ccc(CCC2OC2CC)cc1Br. The van der Waals surface area contributed by atoms with Gasteiger partial charge in [0.1, 0.15) is 0 Å². The maximum absolute atomic E-state index is 5.55. The monoisotopic (exact) mass is 282 g/mol. The zero-order chi connectivity index (χ0) is 11.5. The van der Waals surface area contributed by atoms with E-state index in [-0.39, 0.29) is 0 Å². The summed E-state index contributed by atoms with van der Waals surface area (Å²) in [5, 5.41) is 0. The lowest BCUT2D eigenvalue weighted by molar-refractivity contribution is 0.360. The van der Waals surface area contributed by atoms with Gasteiger partial charge in [-0.25, -0.2) is 0 Å². The molecule has 1 saturated heterocycles. The molecule has 1 heterocycles. The Kier molecular flexibility index (Phi) is 4.04. The minimum Gasteiger partial charge on any atom is -0.370 e. The Labute approximate surface area is 106 Å². The molecule has 0 bridgehead atoms. The molecule has 1 fully saturated rings. The predicted octanol–water partition coefficient (Wildman–Crippen LogP) is 4.12. The van der Waals surface area contributed by atoms with Crippen LogP contribution in [0, 0.1) is 0 Å². The van der Waals surface area contributed by atoms with Gasteiger partial charge in [0, 0.05) is 4.47 Å². The third-order valence-corrected chi connectivity index (χ3v) is 4.04. The van der Waals surface area contributed by atoms with Gasteiger partial charge in [0.05, 0.1) is 12.2 Å². The third-order valence-electron chi connectivity index (χ3n) is 3.31. The van der Waals surface area contributed by atoms with Crippen LogP contribution in [0.3, 0.4) is 0 Å². The second-order valence-electron chi connectivity index (χ2n) is 4.44. The molecule has 2 unspecified atom stereocenters. The number of epoxide rings is 1. The molecule has 0 radical (unpaired) electrons. The van der Waals surface area contributed by atoms with Crippen LogP contribution in [-0.2, 0) is 17.6 Å². The van der Waals surface area contributed by atoms with Crippen molar-refractivity contribution in [1.82, 2.24) is 0 Å². The van der Waals surface area contributed by atoms with Crippen molar-refractivity contribution >= 4 is 15.9 Å². The lowest BCUT2D eigenvalue weighted by Crippen LogP contribution is -1.96. The van der Waals surface area contributed by atoms with Crippen molar-refractivity contribution in [1.29, 1.82) is 0 Å². The molecule has 0 spiro atoms. The van der Waals surface area contributed by atoms with Crippen LogP contribution in [0.5, 0.6) is 0 Å². The zero-order valence-electron chi connectivity index (χ0n) is 10.0. The fourth-order valence-corrected chi connectivity index (χ4v) is 2.84. The van der Waals surface area contributed by atoms with E-state index in [2.05, 4.69) is 48.0 Å². The Balaban J connectivity index is 1.88. The van der Waals surface area contributed by atoms with Gasteiger partial charge in [0.15, 0.2) is 0 Å².